The molecule has 5 atom stereocenters. The lowest BCUT2D eigenvalue weighted by molar-refractivity contribution is -0.168. The summed E-state index contributed by atoms with van der Waals surface area (Å²) in [7, 11) is 0. The molecule has 0 N–H and O–H groups in total. The van der Waals surface area contributed by atoms with Gasteiger partial charge < -0.3 is 14.2 Å². The Balaban J connectivity index is 1.61. The Labute approximate surface area is 126 Å². The van der Waals surface area contributed by atoms with Gasteiger partial charge in [0.15, 0.2) is 12.0 Å². The van der Waals surface area contributed by atoms with E-state index < -0.39 is 42.1 Å². The van der Waals surface area contributed by atoms with Crippen molar-refractivity contribution in [3.63, 3.8) is 0 Å². The molecule has 3 rings (SSSR count). The molecule has 1 heterocycles. The van der Waals surface area contributed by atoms with Crippen LogP contribution in [0.2, 0.25) is 0 Å². The van der Waals surface area contributed by atoms with Gasteiger partial charge in [-0.1, -0.05) is 6.58 Å². The van der Waals surface area contributed by atoms with Crippen molar-refractivity contribution in [1.29, 1.82) is 5.26 Å². The number of hydrogen-bond acceptors (Lipinski definition) is 7. The Hall–Kier alpha value is -2.36. The third-order valence-corrected chi connectivity index (χ3v) is 4.70. The molecule has 3 aliphatic rings. The van der Waals surface area contributed by atoms with E-state index in [1.807, 2.05) is 0 Å². The van der Waals surface area contributed by atoms with E-state index in [1.165, 1.54) is 6.92 Å². The van der Waals surface area contributed by atoms with Crippen LogP contribution in [0.3, 0.4) is 0 Å². The fraction of sp³-hybridized carbons (Fsp3) is 0.600. The lowest BCUT2D eigenvalue weighted by Gasteiger charge is -2.27. The van der Waals surface area contributed by atoms with Gasteiger partial charge in [0.2, 0.25) is 0 Å². The molecule has 0 aromatic carbocycles. The first kappa shape index (κ1) is 14.6. The second-order valence-electron chi connectivity index (χ2n) is 6.07. The minimum absolute atomic E-state index is 0.0677. The number of fused-ring (bicyclic) bond motifs is 1. The lowest BCUT2D eigenvalue weighted by atomic mass is 9.75. The number of carbonyl (C=O) groups is 3. The molecule has 7 heteroatoms. The van der Waals surface area contributed by atoms with Gasteiger partial charge in [-0.25, -0.2) is 9.59 Å². The molecule has 0 aromatic rings. The van der Waals surface area contributed by atoms with E-state index in [0.717, 1.165) is 0 Å². The van der Waals surface area contributed by atoms with Crippen molar-refractivity contribution in [3.05, 3.63) is 12.2 Å². The van der Waals surface area contributed by atoms with Gasteiger partial charge in [-0.2, -0.15) is 5.26 Å². The number of esters is 3. The number of nitriles is 1. The monoisotopic (exact) mass is 305 g/mol. The van der Waals surface area contributed by atoms with Crippen LogP contribution in [0.5, 0.6) is 0 Å². The quantitative estimate of drug-likeness (QED) is 0.423. The maximum absolute atomic E-state index is 11.9. The molecular formula is C15H15NO6. The van der Waals surface area contributed by atoms with E-state index >= 15 is 0 Å². The molecule has 116 valence electrons. The van der Waals surface area contributed by atoms with Crippen molar-refractivity contribution in [1.82, 2.24) is 0 Å². The fourth-order valence-electron chi connectivity index (χ4n) is 3.72. The predicted molar refractivity (Wildman–Crippen MR) is 69.8 cm³/mol. The first-order chi connectivity index (χ1) is 10.4. The van der Waals surface area contributed by atoms with E-state index in [4.69, 9.17) is 14.2 Å². The molecule has 0 radical (unpaired) electrons. The van der Waals surface area contributed by atoms with Gasteiger partial charge in [-0.15, -0.1) is 0 Å². The molecule has 0 amide bonds. The maximum atomic E-state index is 11.9. The van der Waals surface area contributed by atoms with Gasteiger partial charge in [0, 0.05) is 17.4 Å². The van der Waals surface area contributed by atoms with Gasteiger partial charge in [-0.3, -0.25) is 4.79 Å². The molecule has 2 aliphatic carbocycles. The Morgan fingerprint density at radius 1 is 1.55 bits per heavy atom. The maximum Gasteiger partial charge on any atom is 0.344 e. The average molecular weight is 305 g/mol. The Morgan fingerprint density at radius 3 is 2.91 bits per heavy atom. The van der Waals surface area contributed by atoms with Crippen LogP contribution >= 0.6 is 0 Å². The minimum atomic E-state index is -1.06. The highest BCUT2D eigenvalue weighted by atomic mass is 16.6. The highest BCUT2D eigenvalue weighted by molar-refractivity contribution is 5.88. The van der Waals surface area contributed by atoms with E-state index in [1.54, 1.807) is 0 Å². The van der Waals surface area contributed by atoms with Crippen LogP contribution in [0.25, 0.3) is 0 Å². The molecule has 1 saturated heterocycles. The Kier molecular flexibility index (Phi) is 3.20. The number of ether oxygens (including phenoxy) is 3. The topological polar surface area (TPSA) is 103 Å². The van der Waals surface area contributed by atoms with Crippen molar-refractivity contribution < 1.29 is 28.6 Å². The van der Waals surface area contributed by atoms with E-state index in [2.05, 4.69) is 12.6 Å². The van der Waals surface area contributed by atoms with Gasteiger partial charge in [0.05, 0.1) is 6.07 Å². The summed E-state index contributed by atoms with van der Waals surface area (Å²) in [5.74, 6) is -2.16. The average Bonchev–Trinajstić information content (AvgIpc) is 3.06. The summed E-state index contributed by atoms with van der Waals surface area (Å²) in [6.07, 6.45) is -0.138. The standard InChI is InChI=1S/C15H15NO6/c1-7(2)13(18)20-5-10(17)21-11-8-3-9-12(11)22-14(19)15(9,4-8)6-16/h8-9,11-12H,1,3-5H2,2H3. The lowest BCUT2D eigenvalue weighted by Crippen LogP contribution is -2.40. The molecule has 5 unspecified atom stereocenters. The Morgan fingerprint density at radius 2 is 2.27 bits per heavy atom. The first-order valence-corrected chi connectivity index (χ1v) is 7.03. The van der Waals surface area contributed by atoms with Crippen molar-refractivity contribution in [2.45, 2.75) is 32.0 Å². The minimum Gasteiger partial charge on any atom is -0.457 e. The largest absolute Gasteiger partial charge is 0.457 e. The third kappa shape index (κ3) is 1.90. The zero-order valence-corrected chi connectivity index (χ0v) is 12.0. The molecule has 3 fully saturated rings. The zero-order chi connectivity index (χ0) is 16.1. The van der Waals surface area contributed by atoms with E-state index in [-0.39, 0.29) is 17.4 Å². The van der Waals surface area contributed by atoms with Crippen LogP contribution in [0, 0.1) is 28.6 Å². The predicted octanol–water partition coefficient (Wildman–Crippen LogP) is 0.493. The van der Waals surface area contributed by atoms with E-state index in [0.29, 0.717) is 12.8 Å². The highest BCUT2D eigenvalue weighted by Gasteiger charge is 2.72. The second-order valence-corrected chi connectivity index (χ2v) is 6.07. The van der Waals surface area contributed by atoms with Gasteiger partial charge in [0.25, 0.3) is 0 Å². The van der Waals surface area contributed by atoms with Crippen LogP contribution in [0.1, 0.15) is 19.8 Å². The smallest absolute Gasteiger partial charge is 0.344 e. The van der Waals surface area contributed by atoms with Crippen LogP contribution in [-0.2, 0) is 28.6 Å². The number of hydrogen-bond donors (Lipinski definition) is 0. The molecule has 0 aromatic heterocycles. The van der Waals surface area contributed by atoms with Crippen molar-refractivity contribution in [2.24, 2.45) is 17.3 Å². The normalized spacial score (nSPS) is 37.4. The summed E-state index contributed by atoms with van der Waals surface area (Å²) >= 11 is 0. The van der Waals surface area contributed by atoms with E-state index in [9.17, 15) is 19.6 Å². The van der Waals surface area contributed by atoms with Crippen molar-refractivity contribution in [3.8, 4) is 6.07 Å². The summed E-state index contributed by atoms with van der Waals surface area (Å²) < 4.78 is 15.3. The number of carbonyl (C=O) groups excluding carboxylic acids is 3. The molecule has 2 saturated carbocycles. The summed E-state index contributed by atoms with van der Waals surface area (Å²) in [6, 6.07) is 2.08. The molecule has 22 heavy (non-hydrogen) atoms. The molecule has 7 nitrogen and oxygen atoms in total. The number of rotatable bonds is 4. The summed E-state index contributed by atoms with van der Waals surface area (Å²) in [5, 5.41) is 9.28. The van der Waals surface area contributed by atoms with Crippen molar-refractivity contribution >= 4 is 17.9 Å². The summed E-state index contributed by atoms with van der Waals surface area (Å²) in [6.45, 7) is 4.37. The summed E-state index contributed by atoms with van der Waals surface area (Å²) in [4.78, 5) is 34.9. The first-order valence-electron chi connectivity index (χ1n) is 7.03. The highest BCUT2D eigenvalue weighted by Crippen LogP contribution is 2.62. The fourth-order valence-corrected chi connectivity index (χ4v) is 3.72. The zero-order valence-electron chi connectivity index (χ0n) is 12.0. The van der Waals surface area contributed by atoms with Gasteiger partial charge >= 0.3 is 17.9 Å². The number of nitrogens with zero attached hydrogens (tertiary/aromatic N) is 1. The third-order valence-electron chi connectivity index (χ3n) is 4.70. The molecule has 1 aliphatic heterocycles. The molecular weight excluding hydrogens is 290 g/mol. The second kappa shape index (κ2) is 4.83. The summed E-state index contributed by atoms with van der Waals surface area (Å²) in [5.41, 5.74) is -0.874. The van der Waals surface area contributed by atoms with Crippen LogP contribution < -0.4 is 0 Å². The Bertz CT molecular complexity index is 620. The van der Waals surface area contributed by atoms with Crippen LogP contribution in [0.15, 0.2) is 12.2 Å². The van der Waals surface area contributed by atoms with Crippen LogP contribution in [0.4, 0.5) is 0 Å². The van der Waals surface area contributed by atoms with Crippen molar-refractivity contribution in [2.75, 3.05) is 6.61 Å². The van der Waals surface area contributed by atoms with Gasteiger partial charge in [-0.05, 0) is 19.8 Å². The van der Waals surface area contributed by atoms with Gasteiger partial charge in [0.1, 0.15) is 12.2 Å². The van der Waals surface area contributed by atoms with Crippen LogP contribution in [-0.4, -0.2) is 36.7 Å². The molecule has 0 spiro atoms. The molecule has 2 bridgehead atoms. The SMILES string of the molecule is C=C(C)C(=O)OCC(=O)OC1C2CC3C1OC(=O)C3(C#N)C2.